The number of hydrogen-bond donors (Lipinski definition) is 0. The number of aryl methyl sites for hydroxylation is 1. The molecule has 3 heterocycles. The van der Waals surface area contributed by atoms with E-state index < -0.39 is 0 Å². The molecule has 0 amide bonds. The molecule has 3 heteroatoms. The highest BCUT2D eigenvalue weighted by molar-refractivity contribution is 6.32. The lowest BCUT2D eigenvalue weighted by Crippen LogP contribution is -1.93. The molecule has 0 fully saturated rings. The van der Waals surface area contributed by atoms with E-state index in [1.54, 1.807) is 0 Å². The van der Waals surface area contributed by atoms with Gasteiger partial charge in [-0.15, -0.1) is 0 Å². The van der Waals surface area contributed by atoms with Gasteiger partial charge in [0.25, 0.3) is 0 Å². The number of para-hydroxylation sites is 2. The Labute approximate surface area is 189 Å². The first kappa shape index (κ1) is 17.2. The molecule has 154 valence electrons. The Morgan fingerprint density at radius 1 is 0.576 bits per heavy atom. The third-order valence-corrected chi connectivity index (χ3v) is 7.23. The maximum atomic E-state index is 5.05. The maximum absolute atomic E-state index is 5.05. The number of benzene rings is 5. The molecular weight excluding hydrogens is 402 g/mol. The molecule has 0 aliphatic heterocycles. The summed E-state index contributed by atoms with van der Waals surface area (Å²) in [6.07, 6.45) is 0. The molecule has 0 radical (unpaired) electrons. The van der Waals surface area contributed by atoms with Gasteiger partial charge in [0.2, 0.25) is 0 Å². The van der Waals surface area contributed by atoms with Crippen molar-refractivity contribution in [2.45, 2.75) is 0 Å². The fourth-order valence-corrected chi connectivity index (χ4v) is 5.88. The van der Waals surface area contributed by atoms with Crippen LogP contribution >= 0.6 is 0 Å². The minimum atomic E-state index is 0.997. The van der Waals surface area contributed by atoms with E-state index in [2.05, 4.69) is 107 Å². The SMILES string of the molecule is Cn1c(-c2ccccc2)nc2ccc3ccc4c(c5cccc6c7ccccc7n4c65)c3c21. The average Bonchev–Trinajstić information content (AvgIpc) is 3.51. The van der Waals surface area contributed by atoms with Gasteiger partial charge in [-0.05, 0) is 23.6 Å². The minimum Gasteiger partial charge on any atom is -0.327 e. The molecule has 0 bridgehead atoms. The first-order chi connectivity index (χ1) is 16.3. The van der Waals surface area contributed by atoms with Gasteiger partial charge in [-0.1, -0.05) is 78.9 Å². The van der Waals surface area contributed by atoms with E-state index in [0.29, 0.717) is 0 Å². The van der Waals surface area contributed by atoms with Crippen LogP contribution in [0.4, 0.5) is 0 Å². The van der Waals surface area contributed by atoms with Gasteiger partial charge in [-0.25, -0.2) is 4.98 Å². The van der Waals surface area contributed by atoms with Gasteiger partial charge < -0.3 is 8.97 Å². The summed E-state index contributed by atoms with van der Waals surface area (Å²) < 4.78 is 4.71. The smallest absolute Gasteiger partial charge is 0.140 e. The van der Waals surface area contributed by atoms with Crippen LogP contribution in [0.1, 0.15) is 0 Å². The molecule has 0 aliphatic rings. The third kappa shape index (κ3) is 2.03. The number of rotatable bonds is 1. The zero-order valence-corrected chi connectivity index (χ0v) is 18.1. The number of hydrogen-bond acceptors (Lipinski definition) is 1. The van der Waals surface area contributed by atoms with Crippen LogP contribution in [0.2, 0.25) is 0 Å². The predicted octanol–water partition coefficient (Wildman–Crippen LogP) is 7.54. The molecule has 0 saturated carbocycles. The predicted molar refractivity (Wildman–Crippen MR) is 138 cm³/mol. The van der Waals surface area contributed by atoms with Gasteiger partial charge in [0.05, 0.1) is 27.6 Å². The van der Waals surface area contributed by atoms with E-state index in [1.807, 2.05) is 6.07 Å². The van der Waals surface area contributed by atoms with E-state index in [4.69, 9.17) is 4.98 Å². The van der Waals surface area contributed by atoms with E-state index in [0.717, 1.165) is 16.9 Å². The first-order valence-corrected chi connectivity index (χ1v) is 11.3. The van der Waals surface area contributed by atoms with Crippen molar-refractivity contribution < 1.29 is 0 Å². The summed E-state index contributed by atoms with van der Waals surface area (Å²) in [5.74, 6) is 0.997. The molecule has 0 N–H and O–H groups in total. The molecule has 0 atom stereocenters. The largest absolute Gasteiger partial charge is 0.327 e. The van der Waals surface area contributed by atoms with Crippen molar-refractivity contribution in [3.05, 3.63) is 97.1 Å². The zero-order chi connectivity index (χ0) is 21.7. The van der Waals surface area contributed by atoms with Crippen molar-refractivity contribution in [3.63, 3.8) is 0 Å². The van der Waals surface area contributed by atoms with Crippen molar-refractivity contribution in [1.82, 2.24) is 14.0 Å². The molecule has 0 spiro atoms. The summed E-state index contributed by atoms with van der Waals surface area (Å²) >= 11 is 0. The van der Waals surface area contributed by atoms with Gasteiger partial charge in [-0.3, -0.25) is 0 Å². The Morgan fingerprint density at radius 2 is 1.33 bits per heavy atom. The third-order valence-electron chi connectivity index (χ3n) is 7.23. The first-order valence-electron chi connectivity index (χ1n) is 11.3. The summed E-state index contributed by atoms with van der Waals surface area (Å²) in [6.45, 7) is 0. The van der Waals surface area contributed by atoms with Gasteiger partial charge in [-0.2, -0.15) is 0 Å². The van der Waals surface area contributed by atoms with Crippen LogP contribution in [0.15, 0.2) is 97.1 Å². The molecule has 3 nitrogen and oxygen atoms in total. The second kappa shape index (κ2) is 5.90. The van der Waals surface area contributed by atoms with Gasteiger partial charge in [0, 0.05) is 39.5 Å². The monoisotopic (exact) mass is 421 g/mol. The Kier molecular flexibility index (Phi) is 3.08. The van der Waals surface area contributed by atoms with Crippen LogP contribution in [-0.4, -0.2) is 14.0 Å². The highest BCUT2D eigenvalue weighted by atomic mass is 15.1. The summed E-state index contributed by atoms with van der Waals surface area (Å²) in [6, 6.07) is 34.8. The van der Waals surface area contributed by atoms with E-state index in [-0.39, 0.29) is 0 Å². The number of nitrogens with zero attached hydrogens (tertiary/aromatic N) is 3. The highest BCUT2D eigenvalue weighted by Crippen LogP contribution is 2.43. The fraction of sp³-hybridized carbons (Fsp3) is 0.0333. The molecule has 5 aromatic carbocycles. The van der Waals surface area contributed by atoms with Gasteiger partial charge in [0.15, 0.2) is 0 Å². The Morgan fingerprint density at radius 3 is 2.24 bits per heavy atom. The van der Waals surface area contributed by atoms with Crippen molar-refractivity contribution in [2.75, 3.05) is 0 Å². The lowest BCUT2D eigenvalue weighted by Gasteiger charge is -2.07. The minimum absolute atomic E-state index is 0.997. The van der Waals surface area contributed by atoms with Crippen LogP contribution in [0, 0.1) is 0 Å². The van der Waals surface area contributed by atoms with Crippen LogP contribution in [0.5, 0.6) is 0 Å². The van der Waals surface area contributed by atoms with Crippen molar-refractivity contribution in [2.24, 2.45) is 7.05 Å². The second-order valence-corrected chi connectivity index (χ2v) is 8.91. The topological polar surface area (TPSA) is 22.2 Å². The second-order valence-electron chi connectivity index (χ2n) is 8.91. The van der Waals surface area contributed by atoms with E-state index in [9.17, 15) is 0 Å². The van der Waals surface area contributed by atoms with Crippen molar-refractivity contribution >= 4 is 59.9 Å². The number of aromatic nitrogens is 3. The van der Waals surface area contributed by atoms with Crippen LogP contribution in [0.3, 0.4) is 0 Å². The van der Waals surface area contributed by atoms with Crippen LogP contribution in [0.25, 0.3) is 71.3 Å². The average molecular weight is 422 g/mol. The van der Waals surface area contributed by atoms with E-state index >= 15 is 0 Å². The normalized spacial score (nSPS) is 12.4. The zero-order valence-electron chi connectivity index (χ0n) is 18.1. The summed E-state index contributed by atoms with van der Waals surface area (Å²) in [4.78, 5) is 5.05. The lowest BCUT2D eigenvalue weighted by atomic mass is 10.0. The molecule has 8 rings (SSSR count). The van der Waals surface area contributed by atoms with E-state index in [1.165, 1.54) is 54.4 Å². The molecule has 8 aromatic rings. The molecule has 3 aromatic heterocycles. The Hall–Kier alpha value is -4.37. The maximum Gasteiger partial charge on any atom is 0.140 e. The van der Waals surface area contributed by atoms with Crippen molar-refractivity contribution in [1.29, 1.82) is 0 Å². The summed E-state index contributed by atoms with van der Waals surface area (Å²) in [5, 5.41) is 7.77. The van der Waals surface area contributed by atoms with Crippen molar-refractivity contribution in [3.8, 4) is 11.4 Å². The molecule has 0 saturated heterocycles. The Balaban J connectivity index is 1.64. The standard InChI is InChI=1S/C30H19N3/c1-32-29-23(31-30(32)19-8-3-2-4-9-19)16-14-18-15-17-25-27(26(18)29)22-12-7-11-21-20-10-5-6-13-24(20)33(25)28(21)22/h2-17H,1H3. The number of imidazole rings is 1. The summed E-state index contributed by atoms with van der Waals surface area (Å²) in [7, 11) is 2.14. The van der Waals surface area contributed by atoms with Gasteiger partial charge in [0.1, 0.15) is 5.82 Å². The quantitative estimate of drug-likeness (QED) is 0.268. The highest BCUT2D eigenvalue weighted by Gasteiger charge is 2.21. The van der Waals surface area contributed by atoms with Crippen LogP contribution < -0.4 is 0 Å². The lowest BCUT2D eigenvalue weighted by molar-refractivity contribution is 0.963. The number of fused-ring (bicyclic) bond motifs is 10. The molecular formula is C30H19N3. The van der Waals surface area contributed by atoms with Crippen LogP contribution in [-0.2, 0) is 7.05 Å². The van der Waals surface area contributed by atoms with Gasteiger partial charge >= 0.3 is 0 Å². The molecule has 0 unspecified atom stereocenters. The fourth-order valence-electron chi connectivity index (χ4n) is 5.88. The molecule has 0 aliphatic carbocycles. The molecule has 33 heavy (non-hydrogen) atoms. The summed E-state index contributed by atoms with van der Waals surface area (Å²) in [5.41, 5.74) is 7.19. The Bertz CT molecular complexity index is 2020.